The number of benzene rings is 3. The van der Waals surface area contributed by atoms with Gasteiger partial charge in [-0.25, -0.2) is 4.68 Å². The average molecular weight is 408 g/mol. The molecule has 1 aromatic heterocycles. The van der Waals surface area contributed by atoms with Crippen LogP contribution in [0.15, 0.2) is 78.9 Å². The second-order valence-corrected chi connectivity index (χ2v) is 8.21. The number of rotatable bonds is 3. The topological polar surface area (TPSA) is 38.1 Å². The standard InChI is InChI=1S/C27H25N3O/c1-19-12-13-22(16-20(19)2)25-17-26(30(28-25)24-10-4-3-5-11-24)27(31)29-15-14-21-8-6-7-9-23(21)18-29/h3-13,16-17H,14-15,18H2,1-2H3. The summed E-state index contributed by atoms with van der Waals surface area (Å²) in [4.78, 5) is 15.6. The molecule has 0 unspecified atom stereocenters. The molecule has 0 atom stereocenters. The van der Waals surface area contributed by atoms with Crippen molar-refractivity contribution >= 4 is 5.91 Å². The number of carbonyl (C=O) groups excluding carboxylic acids is 1. The zero-order valence-electron chi connectivity index (χ0n) is 17.9. The second kappa shape index (κ2) is 7.88. The number of hydrogen-bond donors (Lipinski definition) is 0. The van der Waals surface area contributed by atoms with Gasteiger partial charge in [0.05, 0.1) is 11.4 Å². The average Bonchev–Trinajstić information content (AvgIpc) is 3.26. The third-order valence-corrected chi connectivity index (χ3v) is 6.15. The first-order valence-electron chi connectivity index (χ1n) is 10.7. The van der Waals surface area contributed by atoms with Gasteiger partial charge in [-0.3, -0.25) is 4.79 Å². The second-order valence-electron chi connectivity index (χ2n) is 8.21. The van der Waals surface area contributed by atoms with Crippen molar-refractivity contribution in [3.05, 3.63) is 107 Å². The summed E-state index contributed by atoms with van der Waals surface area (Å²) in [6, 6.07) is 26.5. The minimum absolute atomic E-state index is 0.0148. The fourth-order valence-electron chi connectivity index (χ4n) is 4.17. The molecule has 4 heteroatoms. The summed E-state index contributed by atoms with van der Waals surface area (Å²) in [5, 5.41) is 4.85. The van der Waals surface area contributed by atoms with E-state index in [0.717, 1.165) is 29.9 Å². The summed E-state index contributed by atoms with van der Waals surface area (Å²) in [6.45, 7) is 5.55. The Morgan fingerprint density at radius 3 is 2.35 bits per heavy atom. The Morgan fingerprint density at radius 2 is 1.58 bits per heavy atom. The van der Waals surface area contributed by atoms with E-state index in [1.165, 1.54) is 22.3 Å². The van der Waals surface area contributed by atoms with Gasteiger partial charge < -0.3 is 4.90 Å². The Bertz CT molecular complexity index is 1260. The largest absolute Gasteiger partial charge is 0.333 e. The molecule has 1 amide bonds. The molecule has 154 valence electrons. The van der Waals surface area contributed by atoms with Gasteiger partial charge in [-0.1, -0.05) is 54.6 Å². The fourth-order valence-corrected chi connectivity index (χ4v) is 4.17. The molecule has 4 nitrogen and oxygen atoms in total. The van der Waals surface area contributed by atoms with Crippen LogP contribution >= 0.6 is 0 Å². The van der Waals surface area contributed by atoms with Gasteiger partial charge in [0.25, 0.3) is 5.91 Å². The highest BCUT2D eigenvalue weighted by Crippen LogP contribution is 2.26. The van der Waals surface area contributed by atoms with Crippen LogP contribution in [0.25, 0.3) is 16.9 Å². The van der Waals surface area contributed by atoms with Crippen molar-refractivity contribution in [1.82, 2.24) is 14.7 Å². The lowest BCUT2D eigenvalue weighted by Gasteiger charge is -2.29. The van der Waals surface area contributed by atoms with Crippen LogP contribution < -0.4 is 0 Å². The first-order valence-corrected chi connectivity index (χ1v) is 10.7. The van der Waals surface area contributed by atoms with Gasteiger partial charge in [-0.05, 0) is 66.8 Å². The molecule has 0 N–H and O–H groups in total. The van der Waals surface area contributed by atoms with E-state index in [1.54, 1.807) is 4.68 Å². The molecule has 5 rings (SSSR count). The van der Waals surface area contributed by atoms with Crippen LogP contribution in [0, 0.1) is 13.8 Å². The molecule has 31 heavy (non-hydrogen) atoms. The van der Waals surface area contributed by atoms with Crippen LogP contribution in [0.5, 0.6) is 0 Å². The van der Waals surface area contributed by atoms with Gasteiger partial charge in [-0.2, -0.15) is 5.10 Å². The van der Waals surface area contributed by atoms with Crippen LogP contribution in [0.3, 0.4) is 0 Å². The zero-order valence-corrected chi connectivity index (χ0v) is 17.9. The number of carbonyl (C=O) groups is 1. The smallest absolute Gasteiger partial charge is 0.272 e. The highest BCUT2D eigenvalue weighted by molar-refractivity contribution is 5.94. The van der Waals surface area contributed by atoms with Crippen molar-refractivity contribution in [2.45, 2.75) is 26.8 Å². The molecule has 2 heterocycles. The van der Waals surface area contributed by atoms with Crippen LogP contribution in [-0.2, 0) is 13.0 Å². The molecule has 0 saturated heterocycles. The summed E-state index contributed by atoms with van der Waals surface area (Å²) in [6.07, 6.45) is 0.880. The number of fused-ring (bicyclic) bond motifs is 1. The minimum Gasteiger partial charge on any atom is -0.333 e. The first kappa shape index (κ1) is 19.3. The highest BCUT2D eigenvalue weighted by Gasteiger charge is 2.26. The predicted octanol–water partition coefficient (Wildman–Crippen LogP) is 5.35. The number of nitrogens with zero attached hydrogens (tertiary/aromatic N) is 3. The van der Waals surface area contributed by atoms with Crippen LogP contribution in [0.2, 0.25) is 0 Å². The predicted molar refractivity (Wildman–Crippen MR) is 123 cm³/mol. The number of aryl methyl sites for hydroxylation is 2. The summed E-state index contributed by atoms with van der Waals surface area (Å²) >= 11 is 0. The van der Waals surface area contributed by atoms with Gasteiger partial charge in [0, 0.05) is 18.7 Å². The van der Waals surface area contributed by atoms with Crippen molar-refractivity contribution in [2.75, 3.05) is 6.54 Å². The summed E-state index contributed by atoms with van der Waals surface area (Å²) < 4.78 is 1.79. The molecule has 0 saturated carbocycles. The molecule has 1 aliphatic rings. The Balaban J connectivity index is 1.56. The number of aromatic nitrogens is 2. The molecule has 0 aliphatic carbocycles. The lowest BCUT2D eigenvalue weighted by atomic mass is 9.99. The van der Waals surface area contributed by atoms with Gasteiger partial charge in [0.1, 0.15) is 5.69 Å². The van der Waals surface area contributed by atoms with Crippen LogP contribution in [0.1, 0.15) is 32.7 Å². The van der Waals surface area contributed by atoms with Crippen molar-refractivity contribution in [2.24, 2.45) is 0 Å². The maximum Gasteiger partial charge on any atom is 0.272 e. The van der Waals surface area contributed by atoms with Gasteiger partial charge in [0.2, 0.25) is 0 Å². The Kier molecular flexibility index (Phi) is 4.91. The quantitative estimate of drug-likeness (QED) is 0.459. The van der Waals surface area contributed by atoms with Crippen molar-refractivity contribution < 1.29 is 4.79 Å². The Labute approximate surface area is 182 Å². The van der Waals surface area contributed by atoms with Crippen molar-refractivity contribution in [3.63, 3.8) is 0 Å². The van der Waals surface area contributed by atoms with E-state index < -0.39 is 0 Å². The fraction of sp³-hybridized carbons (Fsp3) is 0.185. The molecule has 3 aromatic carbocycles. The summed E-state index contributed by atoms with van der Waals surface area (Å²) in [5.41, 5.74) is 8.34. The number of hydrogen-bond acceptors (Lipinski definition) is 2. The maximum atomic E-state index is 13.6. The van der Waals surface area contributed by atoms with Crippen LogP contribution in [-0.4, -0.2) is 27.1 Å². The van der Waals surface area contributed by atoms with Gasteiger partial charge >= 0.3 is 0 Å². The van der Waals surface area contributed by atoms with Crippen molar-refractivity contribution in [1.29, 1.82) is 0 Å². The van der Waals surface area contributed by atoms with Crippen molar-refractivity contribution in [3.8, 4) is 16.9 Å². The van der Waals surface area contributed by atoms with E-state index in [4.69, 9.17) is 5.10 Å². The lowest BCUT2D eigenvalue weighted by molar-refractivity contribution is 0.0725. The molecule has 1 aliphatic heterocycles. The highest BCUT2D eigenvalue weighted by atomic mass is 16.2. The number of para-hydroxylation sites is 1. The molecule has 0 fully saturated rings. The lowest BCUT2D eigenvalue weighted by Crippen LogP contribution is -2.36. The third-order valence-electron chi connectivity index (χ3n) is 6.15. The SMILES string of the molecule is Cc1ccc(-c2cc(C(=O)N3CCc4ccccc4C3)n(-c3ccccc3)n2)cc1C. The van der Waals surface area contributed by atoms with Crippen LogP contribution in [0.4, 0.5) is 0 Å². The summed E-state index contributed by atoms with van der Waals surface area (Å²) in [5.74, 6) is 0.0148. The van der Waals surface area contributed by atoms with E-state index in [2.05, 4.69) is 50.2 Å². The monoisotopic (exact) mass is 407 g/mol. The summed E-state index contributed by atoms with van der Waals surface area (Å²) in [7, 11) is 0. The molecular weight excluding hydrogens is 382 g/mol. The van der Waals surface area contributed by atoms with E-state index in [1.807, 2.05) is 47.4 Å². The van der Waals surface area contributed by atoms with E-state index in [-0.39, 0.29) is 5.91 Å². The minimum atomic E-state index is 0.0148. The maximum absolute atomic E-state index is 13.6. The molecule has 0 spiro atoms. The normalized spacial score (nSPS) is 13.2. The first-order chi connectivity index (χ1) is 15.1. The number of amides is 1. The Hall–Kier alpha value is -3.66. The zero-order chi connectivity index (χ0) is 21.4. The van der Waals surface area contributed by atoms with E-state index in [0.29, 0.717) is 12.2 Å². The van der Waals surface area contributed by atoms with E-state index >= 15 is 0 Å². The molecule has 0 bridgehead atoms. The van der Waals surface area contributed by atoms with E-state index in [9.17, 15) is 4.79 Å². The molecule has 4 aromatic rings. The third kappa shape index (κ3) is 3.66. The molecular formula is C27H25N3O. The molecule has 0 radical (unpaired) electrons. The van der Waals surface area contributed by atoms with Gasteiger partial charge in [-0.15, -0.1) is 0 Å². The van der Waals surface area contributed by atoms with Gasteiger partial charge in [0.15, 0.2) is 0 Å². The Morgan fingerprint density at radius 1 is 0.839 bits per heavy atom.